The second kappa shape index (κ2) is 10.2. The minimum Gasteiger partial charge on any atom is -0.347 e. The largest absolute Gasteiger partial charge is 0.347 e. The molecule has 3 aromatic rings. The fraction of sp³-hybridized carbons (Fsp3) is 0.316. The number of nitrogens with two attached hydrogens (primary N) is 1. The molecule has 1 aromatic carbocycles. The molecule has 1 atom stereocenters. The summed E-state index contributed by atoms with van der Waals surface area (Å²) in [5.41, 5.74) is 8.04. The second-order valence-corrected chi connectivity index (χ2v) is 6.95. The molecule has 8 heteroatoms. The summed E-state index contributed by atoms with van der Waals surface area (Å²) in [4.78, 5) is 16.9. The topological polar surface area (TPSA) is 85.8 Å². The van der Waals surface area contributed by atoms with E-state index in [1.165, 1.54) is 11.3 Å². The minimum atomic E-state index is -0.172. The molecular formula is C19H24ClN5OS. The Morgan fingerprint density at radius 2 is 2.11 bits per heavy atom. The minimum absolute atomic E-state index is 0. The highest BCUT2D eigenvalue weighted by molar-refractivity contribution is 7.13. The average Bonchev–Trinajstić information content (AvgIpc) is 3.35. The maximum atomic E-state index is 12.4. The van der Waals surface area contributed by atoms with Crippen LogP contribution in [0.15, 0.2) is 48.1 Å². The van der Waals surface area contributed by atoms with E-state index in [0.717, 1.165) is 35.5 Å². The SMILES string of the molecule is CCCCC(CN)NC(=O)c1csc(-c2cnn(-c3ccccc3)c2)n1.Cl. The first-order chi connectivity index (χ1) is 12.7. The number of para-hydroxylation sites is 1. The van der Waals surface area contributed by atoms with E-state index in [2.05, 4.69) is 22.3 Å². The summed E-state index contributed by atoms with van der Waals surface area (Å²) in [5, 5.41) is 9.90. The number of nitrogens with one attached hydrogen (secondary N) is 1. The molecule has 0 spiro atoms. The van der Waals surface area contributed by atoms with Crippen molar-refractivity contribution in [2.75, 3.05) is 6.54 Å². The van der Waals surface area contributed by atoms with Crippen molar-refractivity contribution < 1.29 is 4.79 Å². The molecule has 0 radical (unpaired) electrons. The van der Waals surface area contributed by atoms with Crippen LogP contribution < -0.4 is 11.1 Å². The van der Waals surface area contributed by atoms with E-state index in [0.29, 0.717) is 12.2 Å². The van der Waals surface area contributed by atoms with Crippen molar-refractivity contribution in [1.82, 2.24) is 20.1 Å². The molecule has 2 aromatic heterocycles. The molecule has 0 aliphatic heterocycles. The zero-order valence-corrected chi connectivity index (χ0v) is 16.8. The molecule has 0 bridgehead atoms. The molecule has 0 aliphatic rings. The predicted octanol–water partition coefficient (Wildman–Crippen LogP) is 3.66. The number of carbonyl (C=O) groups is 1. The van der Waals surface area contributed by atoms with Gasteiger partial charge in [0.25, 0.3) is 5.91 Å². The van der Waals surface area contributed by atoms with Gasteiger partial charge in [-0.2, -0.15) is 5.10 Å². The molecule has 6 nitrogen and oxygen atoms in total. The Hall–Kier alpha value is -2.22. The molecule has 1 unspecified atom stereocenters. The lowest BCUT2D eigenvalue weighted by Gasteiger charge is -2.15. The third-order valence-corrected chi connectivity index (χ3v) is 5.00. The number of benzene rings is 1. The van der Waals surface area contributed by atoms with Gasteiger partial charge in [0.2, 0.25) is 0 Å². The van der Waals surface area contributed by atoms with E-state index in [1.807, 2.05) is 36.5 Å². The third kappa shape index (κ3) is 5.38. The molecule has 0 saturated carbocycles. The lowest BCUT2D eigenvalue weighted by molar-refractivity contribution is 0.0931. The molecule has 0 aliphatic carbocycles. The highest BCUT2D eigenvalue weighted by Gasteiger charge is 2.16. The van der Waals surface area contributed by atoms with Crippen molar-refractivity contribution >= 4 is 29.7 Å². The predicted molar refractivity (Wildman–Crippen MR) is 112 cm³/mol. The van der Waals surface area contributed by atoms with Crippen molar-refractivity contribution in [1.29, 1.82) is 0 Å². The Morgan fingerprint density at radius 1 is 1.33 bits per heavy atom. The van der Waals surface area contributed by atoms with Gasteiger partial charge in [0.05, 0.1) is 11.9 Å². The zero-order chi connectivity index (χ0) is 18.4. The molecule has 3 N–H and O–H groups in total. The number of halogens is 1. The second-order valence-electron chi connectivity index (χ2n) is 6.10. The number of aromatic nitrogens is 3. The number of hydrogen-bond acceptors (Lipinski definition) is 5. The van der Waals surface area contributed by atoms with E-state index in [-0.39, 0.29) is 24.4 Å². The Bertz CT molecular complexity index is 849. The summed E-state index contributed by atoms with van der Waals surface area (Å²) < 4.78 is 1.80. The molecule has 144 valence electrons. The van der Waals surface area contributed by atoms with Crippen LogP contribution in [0.2, 0.25) is 0 Å². The van der Waals surface area contributed by atoms with Gasteiger partial charge in [0, 0.05) is 29.7 Å². The summed E-state index contributed by atoms with van der Waals surface area (Å²) in [5.74, 6) is -0.172. The summed E-state index contributed by atoms with van der Waals surface area (Å²) in [6.45, 7) is 2.56. The Morgan fingerprint density at radius 3 is 2.81 bits per heavy atom. The zero-order valence-electron chi connectivity index (χ0n) is 15.2. The van der Waals surface area contributed by atoms with Gasteiger partial charge in [0.15, 0.2) is 0 Å². The Kier molecular flexibility index (Phi) is 7.97. The maximum absolute atomic E-state index is 12.4. The lowest BCUT2D eigenvalue weighted by Crippen LogP contribution is -2.40. The van der Waals surface area contributed by atoms with Gasteiger partial charge < -0.3 is 11.1 Å². The fourth-order valence-corrected chi connectivity index (χ4v) is 3.40. The fourth-order valence-electron chi connectivity index (χ4n) is 2.62. The van der Waals surface area contributed by atoms with Crippen LogP contribution in [0.4, 0.5) is 0 Å². The molecule has 3 rings (SSSR count). The summed E-state index contributed by atoms with van der Waals surface area (Å²) in [7, 11) is 0. The number of carbonyl (C=O) groups excluding carboxylic acids is 1. The third-order valence-electron chi connectivity index (χ3n) is 4.11. The number of nitrogens with zero attached hydrogens (tertiary/aromatic N) is 3. The van der Waals surface area contributed by atoms with Gasteiger partial charge in [-0.05, 0) is 18.6 Å². The van der Waals surface area contributed by atoms with Crippen LogP contribution in [0.5, 0.6) is 0 Å². The Balaban J connectivity index is 0.00000261. The maximum Gasteiger partial charge on any atom is 0.271 e. The van der Waals surface area contributed by atoms with Crippen LogP contribution in [-0.2, 0) is 0 Å². The van der Waals surface area contributed by atoms with Crippen molar-refractivity contribution in [3.63, 3.8) is 0 Å². The van der Waals surface area contributed by atoms with E-state index < -0.39 is 0 Å². The average molecular weight is 406 g/mol. The smallest absolute Gasteiger partial charge is 0.271 e. The summed E-state index contributed by atoms with van der Waals surface area (Å²) in [6, 6.07) is 9.87. The number of rotatable bonds is 8. The molecule has 27 heavy (non-hydrogen) atoms. The van der Waals surface area contributed by atoms with Crippen molar-refractivity contribution in [2.45, 2.75) is 32.2 Å². The highest BCUT2D eigenvalue weighted by Crippen LogP contribution is 2.24. The standard InChI is InChI=1S/C19H23N5OS.ClH/c1-2-3-7-15(10-20)22-18(25)17-13-26-19(23-17)14-11-21-24(12-14)16-8-5-4-6-9-16;/h4-6,8-9,11-13,15H,2-3,7,10,20H2,1H3,(H,22,25);1H. The first-order valence-corrected chi connectivity index (χ1v) is 9.66. The molecule has 2 heterocycles. The number of amides is 1. The molecule has 1 amide bonds. The van der Waals surface area contributed by atoms with Gasteiger partial charge in [-0.3, -0.25) is 4.79 Å². The van der Waals surface area contributed by atoms with E-state index in [9.17, 15) is 4.79 Å². The van der Waals surface area contributed by atoms with Gasteiger partial charge >= 0.3 is 0 Å². The monoisotopic (exact) mass is 405 g/mol. The van der Waals surface area contributed by atoms with E-state index in [1.54, 1.807) is 16.3 Å². The van der Waals surface area contributed by atoms with E-state index >= 15 is 0 Å². The van der Waals surface area contributed by atoms with Gasteiger partial charge in [-0.15, -0.1) is 23.7 Å². The first-order valence-electron chi connectivity index (χ1n) is 8.78. The molecule has 0 fully saturated rings. The van der Waals surface area contributed by atoms with Crippen molar-refractivity contribution in [2.24, 2.45) is 5.73 Å². The van der Waals surface area contributed by atoms with Crippen LogP contribution >= 0.6 is 23.7 Å². The van der Waals surface area contributed by atoms with E-state index in [4.69, 9.17) is 5.73 Å². The number of unbranched alkanes of at least 4 members (excludes halogenated alkanes) is 1. The number of hydrogen-bond donors (Lipinski definition) is 2. The molecular weight excluding hydrogens is 382 g/mol. The van der Waals surface area contributed by atoms with Crippen LogP contribution in [0.1, 0.15) is 36.7 Å². The van der Waals surface area contributed by atoms with Crippen LogP contribution in [0.3, 0.4) is 0 Å². The quantitative estimate of drug-likeness (QED) is 0.598. The van der Waals surface area contributed by atoms with Crippen molar-refractivity contribution in [3.05, 3.63) is 53.8 Å². The molecule has 0 saturated heterocycles. The normalized spacial score (nSPS) is 11.6. The Labute approximate surface area is 169 Å². The van der Waals surface area contributed by atoms with Crippen molar-refractivity contribution in [3.8, 4) is 16.3 Å². The van der Waals surface area contributed by atoms with Crippen LogP contribution in [0, 0.1) is 0 Å². The first kappa shape index (κ1) is 21.1. The number of thiazole rings is 1. The summed E-state index contributed by atoms with van der Waals surface area (Å²) in [6.07, 6.45) is 6.69. The lowest BCUT2D eigenvalue weighted by atomic mass is 10.1. The van der Waals surface area contributed by atoms with Crippen LogP contribution in [-0.4, -0.2) is 33.3 Å². The van der Waals surface area contributed by atoms with Gasteiger partial charge in [-0.25, -0.2) is 9.67 Å². The van der Waals surface area contributed by atoms with Gasteiger partial charge in [-0.1, -0.05) is 38.0 Å². The van der Waals surface area contributed by atoms with Crippen LogP contribution in [0.25, 0.3) is 16.3 Å². The summed E-state index contributed by atoms with van der Waals surface area (Å²) >= 11 is 1.44. The van der Waals surface area contributed by atoms with Gasteiger partial charge in [0.1, 0.15) is 10.7 Å². The highest BCUT2D eigenvalue weighted by atomic mass is 35.5.